The van der Waals surface area contributed by atoms with Gasteiger partial charge >= 0.3 is 5.97 Å². The minimum atomic E-state index is -0.761. The first-order chi connectivity index (χ1) is 9.24. The summed E-state index contributed by atoms with van der Waals surface area (Å²) < 4.78 is 4.86. The molecule has 0 saturated carbocycles. The number of phenolic OH excluding ortho intramolecular Hbond substituents is 1. The fraction of sp³-hybridized carbons (Fsp3) is 0.533. The molecule has 0 saturated heterocycles. The lowest BCUT2D eigenvalue weighted by Gasteiger charge is -2.23. The fourth-order valence-electron chi connectivity index (χ4n) is 1.65. The van der Waals surface area contributed by atoms with E-state index in [-0.39, 0.29) is 23.5 Å². The molecule has 1 unspecified atom stereocenters. The van der Waals surface area contributed by atoms with Gasteiger partial charge in [-0.2, -0.15) is 0 Å². The van der Waals surface area contributed by atoms with E-state index in [0.717, 1.165) is 0 Å². The summed E-state index contributed by atoms with van der Waals surface area (Å²) in [5, 5.41) is 23.0. The van der Waals surface area contributed by atoms with Crippen LogP contribution in [-0.2, 0) is 4.74 Å². The predicted octanol–water partition coefficient (Wildman–Crippen LogP) is 1.99. The highest BCUT2D eigenvalue weighted by atomic mass is 16.5. The Hall–Kier alpha value is -1.59. The van der Waals surface area contributed by atoms with E-state index >= 15 is 0 Å². The summed E-state index contributed by atoms with van der Waals surface area (Å²) >= 11 is 0. The number of hydrogen-bond acceptors (Lipinski definition) is 5. The van der Waals surface area contributed by atoms with E-state index in [9.17, 15) is 15.0 Å². The van der Waals surface area contributed by atoms with Gasteiger partial charge in [-0.3, -0.25) is 0 Å². The van der Waals surface area contributed by atoms with Crippen molar-refractivity contribution in [3.05, 3.63) is 29.3 Å². The van der Waals surface area contributed by atoms with Crippen LogP contribution in [0.25, 0.3) is 0 Å². The number of aliphatic hydroxyl groups excluding tert-OH is 1. The van der Waals surface area contributed by atoms with Crippen LogP contribution >= 0.6 is 0 Å². The zero-order valence-corrected chi connectivity index (χ0v) is 12.4. The van der Waals surface area contributed by atoms with E-state index in [1.807, 2.05) is 20.8 Å². The molecule has 112 valence electrons. The summed E-state index contributed by atoms with van der Waals surface area (Å²) in [7, 11) is 0. The van der Waals surface area contributed by atoms with Gasteiger partial charge in [0.15, 0.2) is 0 Å². The summed E-state index contributed by atoms with van der Waals surface area (Å²) in [5.74, 6) is -0.744. The highest BCUT2D eigenvalue weighted by Crippen LogP contribution is 2.23. The average Bonchev–Trinajstić information content (AvgIpc) is 2.36. The number of benzene rings is 1. The number of carbonyl (C=O) groups excluding carboxylic acids is 1. The van der Waals surface area contributed by atoms with Crippen molar-refractivity contribution >= 4 is 5.97 Å². The zero-order valence-electron chi connectivity index (χ0n) is 12.4. The van der Waals surface area contributed by atoms with Gasteiger partial charge in [-0.1, -0.05) is 6.07 Å². The SMILES string of the molecule is CCOC(=O)c1cc(C(O)CNC(C)(C)C)ccc1O. The molecule has 0 radical (unpaired) electrons. The molecule has 0 aliphatic heterocycles. The lowest BCUT2D eigenvalue weighted by Crippen LogP contribution is -2.38. The summed E-state index contributed by atoms with van der Waals surface area (Å²) in [6.07, 6.45) is -0.761. The second-order valence-corrected chi connectivity index (χ2v) is 5.64. The van der Waals surface area contributed by atoms with Crippen molar-refractivity contribution in [2.24, 2.45) is 0 Å². The van der Waals surface area contributed by atoms with Crippen LogP contribution in [0.4, 0.5) is 0 Å². The molecule has 5 nitrogen and oxygen atoms in total. The monoisotopic (exact) mass is 281 g/mol. The van der Waals surface area contributed by atoms with Crippen LogP contribution in [0.2, 0.25) is 0 Å². The van der Waals surface area contributed by atoms with Crippen LogP contribution in [0.15, 0.2) is 18.2 Å². The Labute approximate surface area is 119 Å². The second kappa shape index (κ2) is 6.72. The third kappa shape index (κ3) is 4.83. The van der Waals surface area contributed by atoms with Gasteiger partial charge in [0.1, 0.15) is 11.3 Å². The van der Waals surface area contributed by atoms with Crippen LogP contribution in [0.5, 0.6) is 5.75 Å². The molecule has 1 aromatic carbocycles. The highest BCUT2D eigenvalue weighted by Gasteiger charge is 2.18. The first-order valence-corrected chi connectivity index (χ1v) is 6.67. The normalized spacial score (nSPS) is 13.1. The van der Waals surface area contributed by atoms with Crippen LogP contribution < -0.4 is 5.32 Å². The molecular weight excluding hydrogens is 258 g/mol. The minimum Gasteiger partial charge on any atom is -0.507 e. The summed E-state index contributed by atoms with van der Waals surface area (Å²) in [5.41, 5.74) is 0.517. The quantitative estimate of drug-likeness (QED) is 0.719. The van der Waals surface area contributed by atoms with E-state index in [1.165, 1.54) is 12.1 Å². The zero-order chi connectivity index (χ0) is 15.3. The van der Waals surface area contributed by atoms with E-state index in [2.05, 4.69) is 5.32 Å². The van der Waals surface area contributed by atoms with Crippen molar-refractivity contribution in [3.8, 4) is 5.75 Å². The largest absolute Gasteiger partial charge is 0.507 e. The Kier molecular flexibility index (Phi) is 5.53. The first kappa shape index (κ1) is 16.5. The van der Waals surface area contributed by atoms with Crippen LogP contribution in [0, 0.1) is 0 Å². The number of phenols is 1. The van der Waals surface area contributed by atoms with Gasteiger partial charge < -0.3 is 20.3 Å². The number of rotatable bonds is 5. The van der Waals surface area contributed by atoms with Gasteiger partial charge in [0.2, 0.25) is 0 Å². The van der Waals surface area contributed by atoms with Gasteiger partial charge in [0, 0.05) is 12.1 Å². The van der Waals surface area contributed by atoms with Gasteiger partial charge in [-0.15, -0.1) is 0 Å². The Morgan fingerprint density at radius 3 is 2.60 bits per heavy atom. The number of β-amino-alcohol motifs (C(OH)–C–C–N with tert-alkyl or cyclic N) is 1. The Morgan fingerprint density at radius 2 is 2.05 bits per heavy atom. The third-order valence-electron chi connectivity index (χ3n) is 2.73. The first-order valence-electron chi connectivity index (χ1n) is 6.67. The van der Waals surface area contributed by atoms with Crippen molar-refractivity contribution in [3.63, 3.8) is 0 Å². The molecule has 1 aromatic rings. The highest BCUT2D eigenvalue weighted by molar-refractivity contribution is 5.92. The standard InChI is InChI=1S/C15H23NO4/c1-5-20-14(19)11-8-10(6-7-12(11)17)13(18)9-16-15(2,3)4/h6-8,13,16-18H,5,9H2,1-4H3. The lowest BCUT2D eigenvalue weighted by molar-refractivity contribution is 0.0522. The Balaban J connectivity index is 2.86. The summed E-state index contributed by atoms with van der Waals surface area (Å²) in [4.78, 5) is 11.7. The van der Waals surface area contributed by atoms with E-state index < -0.39 is 12.1 Å². The summed E-state index contributed by atoms with van der Waals surface area (Å²) in [6, 6.07) is 4.44. The van der Waals surface area contributed by atoms with E-state index in [1.54, 1.807) is 13.0 Å². The second-order valence-electron chi connectivity index (χ2n) is 5.64. The van der Waals surface area contributed by atoms with Crippen molar-refractivity contribution < 1.29 is 19.7 Å². The lowest BCUT2D eigenvalue weighted by atomic mass is 10.0. The van der Waals surface area contributed by atoms with Gasteiger partial charge in [-0.25, -0.2) is 4.79 Å². The molecule has 1 atom stereocenters. The van der Waals surface area contributed by atoms with Crippen LogP contribution in [-0.4, -0.2) is 34.9 Å². The molecule has 0 amide bonds. The number of hydrogen-bond donors (Lipinski definition) is 3. The van der Waals surface area contributed by atoms with Crippen molar-refractivity contribution in [2.75, 3.05) is 13.2 Å². The van der Waals surface area contributed by atoms with Crippen molar-refractivity contribution in [1.29, 1.82) is 0 Å². The van der Waals surface area contributed by atoms with E-state index in [4.69, 9.17) is 4.74 Å². The van der Waals surface area contributed by atoms with E-state index in [0.29, 0.717) is 12.1 Å². The van der Waals surface area contributed by atoms with Crippen LogP contribution in [0.3, 0.4) is 0 Å². The molecule has 0 bridgehead atoms. The number of ether oxygens (including phenoxy) is 1. The molecule has 5 heteroatoms. The van der Waals surface area contributed by atoms with Crippen molar-refractivity contribution in [1.82, 2.24) is 5.32 Å². The maximum absolute atomic E-state index is 11.7. The van der Waals surface area contributed by atoms with Gasteiger partial charge in [0.05, 0.1) is 12.7 Å². The summed E-state index contributed by atoms with van der Waals surface area (Å²) in [6.45, 7) is 8.29. The van der Waals surface area contributed by atoms with Crippen molar-refractivity contribution in [2.45, 2.75) is 39.3 Å². The molecule has 0 aliphatic carbocycles. The molecule has 20 heavy (non-hydrogen) atoms. The third-order valence-corrected chi connectivity index (χ3v) is 2.73. The number of carbonyl (C=O) groups is 1. The number of aromatic hydroxyl groups is 1. The molecule has 0 aromatic heterocycles. The molecule has 0 spiro atoms. The molecule has 0 aliphatic rings. The minimum absolute atomic E-state index is 0.0687. The number of nitrogens with one attached hydrogen (secondary N) is 1. The smallest absolute Gasteiger partial charge is 0.341 e. The number of esters is 1. The molecule has 0 fully saturated rings. The Bertz CT molecular complexity index is 465. The fourth-order valence-corrected chi connectivity index (χ4v) is 1.65. The molecule has 3 N–H and O–H groups in total. The Morgan fingerprint density at radius 1 is 1.40 bits per heavy atom. The maximum Gasteiger partial charge on any atom is 0.341 e. The molecule has 1 rings (SSSR count). The maximum atomic E-state index is 11.7. The predicted molar refractivity (Wildman–Crippen MR) is 76.8 cm³/mol. The topological polar surface area (TPSA) is 78.8 Å². The van der Waals surface area contributed by atoms with Gasteiger partial charge in [-0.05, 0) is 45.4 Å². The number of aliphatic hydroxyl groups is 1. The molecule has 0 heterocycles. The van der Waals surface area contributed by atoms with Gasteiger partial charge in [0.25, 0.3) is 0 Å². The van der Waals surface area contributed by atoms with Crippen LogP contribution in [0.1, 0.15) is 49.7 Å². The molecular formula is C15H23NO4. The average molecular weight is 281 g/mol.